The van der Waals surface area contributed by atoms with Gasteiger partial charge in [0.15, 0.2) is 14.9 Å². The molecule has 0 N–H and O–H groups in total. The van der Waals surface area contributed by atoms with Crippen LogP contribution < -0.4 is 4.90 Å². The van der Waals surface area contributed by atoms with Gasteiger partial charge in [0.25, 0.3) is 0 Å². The second-order valence-corrected chi connectivity index (χ2v) is 11.4. The Hall–Kier alpha value is -2.81. The van der Waals surface area contributed by atoms with Crippen LogP contribution in [0.2, 0.25) is 0 Å². The molecule has 1 aliphatic rings. The molecule has 164 valence electrons. The Morgan fingerprint density at radius 2 is 1.87 bits per heavy atom. The molecule has 1 fully saturated rings. The molecule has 3 aromatic rings. The van der Waals surface area contributed by atoms with E-state index in [4.69, 9.17) is 4.52 Å². The van der Waals surface area contributed by atoms with E-state index in [1.54, 1.807) is 51.2 Å². The van der Waals surface area contributed by atoms with Crippen LogP contribution in [0.4, 0.5) is 10.1 Å². The largest absolute Gasteiger partial charge is 0.369 e. The first-order valence-corrected chi connectivity index (χ1v) is 11.7. The molecule has 0 aliphatic carbocycles. The molecule has 2 aromatic heterocycles. The summed E-state index contributed by atoms with van der Waals surface area (Å²) in [5.74, 6) is 0.716. The van der Waals surface area contributed by atoms with Crippen LogP contribution in [-0.4, -0.2) is 41.4 Å². The van der Waals surface area contributed by atoms with Gasteiger partial charge in [0.05, 0.1) is 22.5 Å². The number of benzene rings is 1. The van der Waals surface area contributed by atoms with Gasteiger partial charge in [-0.05, 0) is 70.0 Å². The van der Waals surface area contributed by atoms with Crippen molar-refractivity contribution in [2.24, 2.45) is 0 Å². The zero-order chi connectivity index (χ0) is 22.2. The minimum atomic E-state index is -3.49. The first kappa shape index (κ1) is 21.4. The second kappa shape index (κ2) is 8.03. The SMILES string of the molecule is CC(C)(C)S(=O)(=O)c1ccc(N2CCCC(c3nc(-c4ccc(F)cc4)no3)C2)cn1. The lowest BCUT2D eigenvalue weighted by Gasteiger charge is -2.32. The van der Waals surface area contributed by atoms with E-state index in [0.717, 1.165) is 25.1 Å². The van der Waals surface area contributed by atoms with Gasteiger partial charge in [0, 0.05) is 18.7 Å². The summed E-state index contributed by atoms with van der Waals surface area (Å²) in [6, 6.07) is 9.34. The summed E-state index contributed by atoms with van der Waals surface area (Å²) in [7, 11) is -3.49. The predicted octanol–water partition coefficient (Wildman–Crippen LogP) is 4.23. The highest BCUT2D eigenvalue weighted by atomic mass is 32.2. The topological polar surface area (TPSA) is 89.2 Å². The standard InChI is InChI=1S/C22H25FN4O3S/c1-22(2,3)31(28,29)19-11-10-18(13-24-19)27-12-4-5-16(14-27)21-25-20(26-30-21)15-6-8-17(23)9-7-15/h6-11,13,16H,4-5,12,14H2,1-3H3. The van der Waals surface area contributed by atoms with Crippen LogP contribution in [0.3, 0.4) is 0 Å². The number of rotatable bonds is 4. The fourth-order valence-electron chi connectivity index (χ4n) is 3.56. The molecule has 0 bridgehead atoms. The Kier molecular flexibility index (Phi) is 5.55. The second-order valence-electron chi connectivity index (χ2n) is 8.72. The zero-order valence-corrected chi connectivity index (χ0v) is 18.6. The molecule has 1 saturated heterocycles. The summed E-state index contributed by atoms with van der Waals surface area (Å²) in [5, 5.41) is 4.13. The molecule has 3 heterocycles. The maximum absolute atomic E-state index is 13.1. The Bertz CT molecular complexity index is 1150. The van der Waals surface area contributed by atoms with Gasteiger partial charge in [-0.3, -0.25) is 0 Å². The summed E-state index contributed by atoms with van der Waals surface area (Å²) >= 11 is 0. The Labute approximate surface area is 181 Å². The van der Waals surface area contributed by atoms with E-state index in [-0.39, 0.29) is 16.8 Å². The number of sulfone groups is 1. The molecule has 0 saturated carbocycles. The van der Waals surface area contributed by atoms with Crippen molar-refractivity contribution in [2.45, 2.75) is 49.3 Å². The van der Waals surface area contributed by atoms with Crippen LogP contribution in [0.5, 0.6) is 0 Å². The van der Waals surface area contributed by atoms with Crippen LogP contribution in [0.25, 0.3) is 11.4 Å². The molecule has 7 nitrogen and oxygen atoms in total. The van der Waals surface area contributed by atoms with Crippen LogP contribution in [0.1, 0.15) is 45.4 Å². The van der Waals surface area contributed by atoms with Gasteiger partial charge in [-0.2, -0.15) is 4.98 Å². The number of anilines is 1. The van der Waals surface area contributed by atoms with E-state index in [9.17, 15) is 12.8 Å². The number of halogens is 1. The molecule has 1 aromatic carbocycles. The van der Waals surface area contributed by atoms with Crippen molar-refractivity contribution in [1.29, 1.82) is 0 Å². The summed E-state index contributed by atoms with van der Waals surface area (Å²) in [6.07, 6.45) is 3.45. The molecule has 1 unspecified atom stereocenters. The lowest BCUT2D eigenvalue weighted by molar-refractivity contribution is 0.333. The zero-order valence-electron chi connectivity index (χ0n) is 17.7. The number of pyridine rings is 1. The number of piperidine rings is 1. The average molecular weight is 445 g/mol. The molecule has 0 amide bonds. The highest BCUT2D eigenvalue weighted by Crippen LogP contribution is 2.31. The highest BCUT2D eigenvalue weighted by molar-refractivity contribution is 7.92. The summed E-state index contributed by atoms with van der Waals surface area (Å²) in [6.45, 7) is 6.49. The van der Waals surface area contributed by atoms with Crippen LogP contribution in [0.15, 0.2) is 52.1 Å². The smallest absolute Gasteiger partial charge is 0.231 e. The minimum Gasteiger partial charge on any atom is -0.369 e. The van der Waals surface area contributed by atoms with Gasteiger partial charge in [-0.25, -0.2) is 17.8 Å². The van der Waals surface area contributed by atoms with Gasteiger partial charge in [-0.1, -0.05) is 5.16 Å². The molecule has 0 spiro atoms. The molecule has 1 atom stereocenters. The molecular formula is C22H25FN4O3S. The molecular weight excluding hydrogens is 419 g/mol. The van der Waals surface area contributed by atoms with Crippen LogP contribution in [0, 0.1) is 5.82 Å². The first-order chi connectivity index (χ1) is 14.6. The van der Waals surface area contributed by atoms with Gasteiger partial charge in [0.2, 0.25) is 11.7 Å². The third-order valence-corrected chi connectivity index (χ3v) is 7.89. The maximum atomic E-state index is 13.1. The Morgan fingerprint density at radius 1 is 1.13 bits per heavy atom. The van der Waals surface area contributed by atoms with Crippen molar-refractivity contribution in [3.8, 4) is 11.4 Å². The van der Waals surface area contributed by atoms with E-state index in [2.05, 4.69) is 20.0 Å². The third kappa shape index (κ3) is 4.32. The summed E-state index contributed by atoms with van der Waals surface area (Å²) in [5.41, 5.74) is 1.56. The fourth-order valence-corrected chi connectivity index (χ4v) is 4.63. The molecule has 1 aliphatic heterocycles. The molecule has 0 radical (unpaired) electrons. The fraction of sp³-hybridized carbons (Fsp3) is 0.409. The number of aromatic nitrogens is 3. The molecule has 9 heteroatoms. The van der Waals surface area contributed by atoms with Crippen molar-refractivity contribution in [1.82, 2.24) is 15.1 Å². The van der Waals surface area contributed by atoms with Crippen LogP contribution in [-0.2, 0) is 9.84 Å². The summed E-state index contributed by atoms with van der Waals surface area (Å²) in [4.78, 5) is 10.9. The maximum Gasteiger partial charge on any atom is 0.231 e. The van der Waals surface area contributed by atoms with Gasteiger partial charge < -0.3 is 9.42 Å². The minimum absolute atomic E-state index is 0.0495. The normalized spacial score (nSPS) is 17.7. The lowest BCUT2D eigenvalue weighted by Crippen LogP contribution is -2.34. The van der Waals surface area contributed by atoms with E-state index in [1.807, 2.05) is 0 Å². The number of hydrogen-bond donors (Lipinski definition) is 0. The molecule has 31 heavy (non-hydrogen) atoms. The molecule has 4 rings (SSSR count). The van der Waals surface area contributed by atoms with E-state index < -0.39 is 14.6 Å². The van der Waals surface area contributed by atoms with E-state index >= 15 is 0 Å². The quantitative estimate of drug-likeness (QED) is 0.595. The van der Waals surface area contributed by atoms with Crippen molar-refractivity contribution in [2.75, 3.05) is 18.0 Å². The Balaban J connectivity index is 1.50. The van der Waals surface area contributed by atoms with Gasteiger partial charge in [-0.15, -0.1) is 0 Å². The Morgan fingerprint density at radius 3 is 2.52 bits per heavy atom. The van der Waals surface area contributed by atoms with Crippen molar-refractivity contribution >= 4 is 15.5 Å². The van der Waals surface area contributed by atoms with Crippen molar-refractivity contribution in [3.05, 3.63) is 54.3 Å². The van der Waals surface area contributed by atoms with E-state index in [1.165, 1.54) is 12.1 Å². The highest BCUT2D eigenvalue weighted by Gasteiger charge is 2.32. The van der Waals surface area contributed by atoms with Gasteiger partial charge in [0.1, 0.15) is 5.82 Å². The van der Waals surface area contributed by atoms with Crippen LogP contribution >= 0.6 is 0 Å². The lowest BCUT2D eigenvalue weighted by atomic mass is 9.97. The van der Waals surface area contributed by atoms with Crippen molar-refractivity contribution in [3.63, 3.8) is 0 Å². The van der Waals surface area contributed by atoms with E-state index in [0.29, 0.717) is 23.8 Å². The monoisotopic (exact) mass is 444 g/mol. The van der Waals surface area contributed by atoms with Crippen molar-refractivity contribution < 1.29 is 17.3 Å². The summed E-state index contributed by atoms with van der Waals surface area (Å²) < 4.78 is 42.9. The average Bonchev–Trinajstić information content (AvgIpc) is 3.24. The first-order valence-electron chi connectivity index (χ1n) is 10.2. The number of hydrogen-bond acceptors (Lipinski definition) is 7. The predicted molar refractivity (Wildman–Crippen MR) is 115 cm³/mol. The van der Waals surface area contributed by atoms with Gasteiger partial charge >= 0.3 is 0 Å². The third-order valence-electron chi connectivity index (χ3n) is 5.48. The number of nitrogens with zero attached hydrogens (tertiary/aromatic N) is 4.